The van der Waals surface area contributed by atoms with Crippen molar-refractivity contribution in [2.24, 2.45) is 5.10 Å². The number of hydrogen-bond donors (Lipinski definition) is 2. The summed E-state index contributed by atoms with van der Waals surface area (Å²) >= 11 is 13.8. The Bertz CT molecular complexity index is 1470. The van der Waals surface area contributed by atoms with Crippen LogP contribution in [0.15, 0.2) is 41.5 Å². The van der Waals surface area contributed by atoms with Crippen LogP contribution in [0.25, 0.3) is 0 Å². The van der Waals surface area contributed by atoms with Gasteiger partial charge in [0.1, 0.15) is 11.6 Å². The highest BCUT2D eigenvalue weighted by Gasteiger charge is 2.28. The number of anilines is 1. The molecule has 0 bridgehead atoms. The van der Waals surface area contributed by atoms with E-state index in [-0.39, 0.29) is 13.2 Å². The first kappa shape index (κ1) is 31.3. The van der Waals surface area contributed by atoms with Crippen LogP contribution in [0.2, 0.25) is 10.0 Å². The molecule has 0 atom stereocenters. The highest BCUT2D eigenvalue weighted by molar-refractivity contribution is 7.17. The second-order valence-corrected chi connectivity index (χ2v) is 11.2. The van der Waals surface area contributed by atoms with E-state index < -0.39 is 17.8 Å². The number of ether oxygens (including phenoxy) is 3. The number of amides is 2. The standard InChI is InChI=1S/C30H31Cl2N3O6S/c1-3-39-24-15-18(13-14-23(24)41-17-20-21(31)10-8-11-22(20)32)16-33-35-28(37)27(36)34-29-26(30(38)40-4-2)19-9-6-5-7-12-25(19)42-29/h8,10-11,13-16H,3-7,9,12,17H2,1-2H3,(H,34,36)(H,35,37)/b33-16+. The van der Waals surface area contributed by atoms with Gasteiger partial charge in [0.2, 0.25) is 0 Å². The second-order valence-electron chi connectivity index (χ2n) is 9.27. The van der Waals surface area contributed by atoms with Crippen molar-refractivity contribution in [2.75, 3.05) is 18.5 Å². The van der Waals surface area contributed by atoms with Crippen LogP contribution in [0.4, 0.5) is 5.00 Å². The summed E-state index contributed by atoms with van der Waals surface area (Å²) < 4.78 is 16.9. The van der Waals surface area contributed by atoms with Crippen molar-refractivity contribution >= 4 is 63.5 Å². The number of fused-ring (bicyclic) bond motifs is 1. The van der Waals surface area contributed by atoms with E-state index in [4.69, 9.17) is 37.4 Å². The van der Waals surface area contributed by atoms with Crippen LogP contribution in [-0.2, 0) is 33.8 Å². The lowest BCUT2D eigenvalue weighted by molar-refractivity contribution is -0.136. The highest BCUT2D eigenvalue weighted by atomic mass is 35.5. The summed E-state index contributed by atoms with van der Waals surface area (Å²) in [7, 11) is 0. The molecule has 0 unspecified atom stereocenters. The van der Waals surface area contributed by atoms with Crippen LogP contribution in [0.1, 0.15) is 65.0 Å². The van der Waals surface area contributed by atoms with E-state index in [2.05, 4.69) is 15.8 Å². The molecule has 1 aliphatic carbocycles. The summed E-state index contributed by atoms with van der Waals surface area (Å²) in [6, 6.07) is 10.3. The number of benzene rings is 2. The molecule has 9 nitrogen and oxygen atoms in total. The topological polar surface area (TPSA) is 115 Å². The van der Waals surface area contributed by atoms with Crippen LogP contribution in [0.3, 0.4) is 0 Å². The predicted molar refractivity (Wildman–Crippen MR) is 164 cm³/mol. The summed E-state index contributed by atoms with van der Waals surface area (Å²) in [6.07, 6.45) is 5.96. The molecule has 222 valence electrons. The van der Waals surface area contributed by atoms with Crippen LogP contribution >= 0.6 is 34.5 Å². The molecule has 1 aliphatic rings. The molecule has 2 amide bonds. The van der Waals surface area contributed by atoms with Crippen molar-refractivity contribution in [1.82, 2.24) is 5.43 Å². The van der Waals surface area contributed by atoms with E-state index >= 15 is 0 Å². The third kappa shape index (κ3) is 7.81. The Morgan fingerprint density at radius 1 is 0.952 bits per heavy atom. The number of esters is 1. The zero-order chi connectivity index (χ0) is 30.1. The minimum absolute atomic E-state index is 0.141. The van der Waals surface area contributed by atoms with E-state index in [0.29, 0.717) is 49.8 Å². The maximum Gasteiger partial charge on any atom is 0.341 e. The van der Waals surface area contributed by atoms with Gasteiger partial charge >= 0.3 is 17.8 Å². The number of nitrogens with one attached hydrogen (secondary N) is 2. The van der Waals surface area contributed by atoms with Gasteiger partial charge in [0, 0.05) is 20.5 Å². The summed E-state index contributed by atoms with van der Waals surface area (Å²) in [5, 5.41) is 7.80. The molecule has 3 aromatic rings. The Kier molecular flexibility index (Phi) is 11.2. The average molecular weight is 633 g/mol. The maximum atomic E-state index is 12.7. The Labute approximate surface area is 258 Å². The number of aryl methyl sites for hydroxylation is 1. The Balaban J connectivity index is 1.41. The molecule has 0 aliphatic heterocycles. The summed E-state index contributed by atoms with van der Waals surface area (Å²) in [6.45, 7) is 4.30. The maximum absolute atomic E-state index is 12.7. The average Bonchev–Trinajstić information content (AvgIpc) is 3.13. The number of carbonyl (C=O) groups is 3. The van der Waals surface area contributed by atoms with Crippen molar-refractivity contribution in [3.8, 4) is 11.5 Å². The van der Waals surface area contributed by atoms with E-state index in [9.17, 15) is 14.4 Å². The number of rotatable bonds is 10. The zero-order valence-corrected chi connectivity index (χ0v) is 25.6. The highest BCUT2D eigenvalue weighted by Crippen LogP contribution is 2.38. The first-order valence-electron chi connectivity index (χ1n) is 13.6. The molecule has 42 heavy (non-hydrogen) atoms. The molecule has 4 rings (SSSR count). The van der Waals surface area contributed by atoms with Gasteiger partial charge in [0.25, 0.3) is 0 Å². The molecule has 1 heterocycles. The summed E-state index contributed by atoms with van der Waals surface area (Å²) in [4.78, 5) is 39.0. The SMILES string of the molecule is CCOC(=O)c1c(NC(=O)C(=O)N/N=C/c2ccc(OCc3c(Cl)cccc3Cl)c(OCC)c2)sc2c1CCCCC2. The molecule has 1 aromatic heterocycles. The predicted octanol–water partition coefficient (Wildman–Crippen LogP) is 6.57. The monoisotopic (exact) mass is 631 g/mol. The van der Waals surface area contributed by atoms with E-state index in [0.717, 1.165) is 42.5 Å². The minimum atomic E-state index is -0.980. The zero-order valence-electron chi connectivity index (χ0n) is 23.3. The third-order valence-corrected chi connectivity index (χ3v) is 8.33. The number of carbonyl (C=O) groups excluding carboxylic acids is 3. The van der Waals surface area contributed by atoms with Crippen molar-refractivity contribution in [3.05, 3.63) is 73.6 Å². The summed E-state index contributed by atoms with van der Waals surface area (Å²) in [5.74, 6) is -1.49. The number of hydrogen-bond acceptors (Lipinski definition) is 8. The molecular weight excluding hydrogens is 601 g/mol. The van der Waals surface area contributed by atoms with Gasteiger partial charge in [0.05, 0.1) is 25.0 Å². The van der Waals surface area contributed by atoms with Gasteiger partial charge in [-0.1, -0.05) is 35.7 Å². The van der Waals surface area contributed by atoms with Crippen LogP contribution < -0.4 is 20.2 Å². The molecule has 2 aromatic carbocycles. The number of nitrogens with zero attached hydrogens (tertiary/aromatic N) is 1. The van der Waals surface area contributed by atoms with Crippen LogP contribution in [-0.4, -0.2) is 37.2 Å². The fourth-order valence-electron chi connectivity index (χ4n) is 4.44. The lowest BCUT2D eigenvalue weighted by Crippen LogP contribution is -2.32. The molecular formula is C30H31Cl2N3O6S. The quantitative estimate of drug-likeness (QED) is 0.0860. The largest absolute Gasteiger partial charge is 0.490 e. The van der Waals surface area contributed by atoms with Crippen molar-refractivity contribution in [2.45, 2.75) is 52.6 Å². The van der Waals surface area contributed by atoms with Gasteiger partial charge in [-0.05, 0) is 81.0 Å². The number of halogens is 2. The van der Waals surface area contributed by atoms with Crippen LogP contribution in [0, 0.1) is 0 Å². The van der Waals surface area contributed by atoms with Gasteiger partial charge in [-0.25, -0.2) is 10.2 Å². The second kappa shape index (κ2) is 15.0. The molecule has 0 spiro atoms. The third-order valence-electron chi connectivity index (χ3n) is 6.42. The van der Waals surface area contributed by atoms with E-state index in [1.54, 1.807) is 43.3 Å². The van der Waals surface area contributed by atoms with Gasteiger partial charge in [-0.3, -0.25) is 9.59 Å². The minimum Gasteiger partial charge on any atom is -0.490 e. The number of hydrazone groups is 1. The fourth-order valence-corrected chi connectivity index (χ4v) is 6.22. The first-order chi connectivity index (χ1) is 20.3. The van der Waals surface area contributed by atoms with Gasteiger partial charge in [-0.15, -0.1) is 11.3 Å². The Morgan fingerprint density at radius 2 is 1.71 bits per heavy atom. The fraction of sp³-hybridized carbons (Fsp3) is 0.333. The van der Waals surface area contributed by atoms with Gasteiger partial charge in [-0.2, -0.15) is 5.10 Å². The molecule has 12 heteroatoms. The smallest absolute Gasteiger partial charge is 0.341 e. The van der Waals surface area contributed by atoms with Gasteiger partial charge < -0.3 is 19.5 Å². The first-order valence-corrected chi connectivity index (χ1v) is 15.2. The Morgan fingerprint density at radius 3 is 2.45 bits per heavy atom. The molecule has 0 saturated heterocycles. The van der Waals surface area contributed by atoms with Crippen molar-refractivity contribution in [1.29, 1.82) is 0 Å². The lowest BCUT2D eigenvalue weighted by atomic mass is 10.1. The summed E-state index contributed by atoms with van der Waals surface area (Å²) in [5.41, 5.74) is 4.71. The Hall–Kier alpha value is -3.60. The molecule has 0 saturated carbocycles. The normalized spacial score (nSPS) is 12.8. The number of thiophene rings is 1. The lowest BCUT2D eigenvalue weighted by Gasteiger charge is -2.14. The van der Waals surface area contributed by atoms with E-state index in [1.807, 2.05) is 6.92 Å². The van der Waals surface area contributed by atoms with Crippen molar-refractivity contribution < 1.29 is 28.6 Å². The van der Waals surface area contributed by atoms with E-state index in [1.165, 1.54) is 17.6 Å². The molecule has 0 radical (unpaired) electrons. The van der Waals surface area contributed by atoms with Crippen molar-refractivity contribution in [3.63, 3.8) is 0 Å². The van der Waals surface area contributed by atoms with Gasteiger partial charge in [0.15, 0.2) is 11.5 Å². The van der Waals surface area contributed by atoms with Crippen LogP contribution in [0.5, 0.6) is 11.5 Å². The molecule has 0 fully saturated rings. The molecule has 2 N–H and O–H groups in total.